The first kappa shape index (κ1) is 17.7. The van der Waals surface area contributed by atoms with E-state index in [1.54, 1.807) is 19.2 Å². The molecule has 0 bridgehead atoms. The number of fused-ring (bicyclic) bond motifs is 1. The first-order chi connectivity index (χ1) is 12.6. The molecule has 0 fully saturated rings. The van der Waals surface area contributed by atoms with Gasteiger partial charge in [-0.3, -0.25) is 4.79 Å². The van der Waals surface area contributed by atoms with Gasteiger partial charge in [0.1, 0.15) is 17.4 Å². The zero-order valence-electron chi connectivity index (χ0n) is 14.0. The maximum atomic E-state index is 12.5. The van der Waals surface area contributed by atoms with E-state index in [4.69, 9.17) is 4.74 Å². The van der Waals surface area contributed by atoms with E-state index in [1.807, 2.05) is 54.6 Å². The van der Waals surface area contributed by atoms with Crippen LogP contribution in [-0.2, 0) is 4.79 Å². The van der Waals surface area contributed by atoms with Crippen molar-refractivity contribution in [3.63, 3.8) is 0 Å². The number of nitrogens with one attached hydrogen (secondary N) is 1. The second-order valence-electron chi connectivity index (χ2n) is 5.57. The van der Waals surface area contributed by atoms with Crippen LogP contribution in [0.25, 0.3) is 16.8 Å². The SMILES string of the molecule is COc1ccc(Br)cc1/C=C(\C#N)C(=O)Nc1ccc2ccccc2c1. The quantitative estimate of drug-likeness (QED) is 0.480. The van der Waals surface area contributed by atoms with Crippen molar-refractivity contribution < 1.29 is 9.53 Å². The Bertz CT molecular complexity index is 1050. The number of nitriles is 1. The molecule has 1 amide bonds. The second-order valence-corrected chi connectivity index (χ2v) is 6.49. The lowest BCUT2D eigenvalue weighted by atomic mass is 10.1. The van der Waals surface area contributed by atoms with Gasteiger partial charge in [-0.1, -0.05) is 46.3 Å². The highest BCUT2D eigenvalue weighted by Gasteiger charge is 2.12. The number of ether oxygens (including phenoxy) is 1. The molecule has 0 heterocycles. The van der Waals surface area contributed by atoms with E-state index in [0.29, 0.717) is 17.0 Å². The molecule has 0 unspecified atom stereocenters. The second kappa shape index (κ2) is 7.85. The van der Waals surface area contributed by atoms with Crippen molar-refractivity contribution in [2.24, 2.45) is 0 Å². The molecule has 3 aromatic rings. The number of nitrogens with zero attached hydrogens (tertiary/aromatic N) is 1. The molecular formula is C21H15BrN2O2. The van der Waals surface area contributed by atoms with Crippen LogP contribution in [0.15, 0.2) is 70.7 Å². The summed E-state index contributed by atoms with van der Waals surface area (Å²) in [6, 6.07) is 20.8. The minimum Gasteiger partial charge on any atom is -0.496 e. The van der Waals surface area contributed by atoms with E-state index in [1.165, 1.54) is 6.08 Å². The molecule has 0 spiro atoms. The van der Waals surface area contributed by atoms with Gasteiger partial charge in [0.15, 0.2) is 0 Å². The maximum Gasteiger partial charge on any atom is 0.266 e. The molecule has 0 aromatic heterocycles. The highest BCUT2D eigenvalue weighted by Crippen LogP contribution is 2.26. The van der Waals surface area contributed by atoms with Crippen LogP contribution < -0.4 is 10.1 Å². The third-order valence-electron chi connectivity index (χ3n) is 3.86. The van der Waals surface area contributed by atoms with Crippen LogP contribution in [0.3, 0.4) is 0 Å². The summed E-state index contributed by atoms with van der Waals surface area (Å²) >= 11 is 3.38. The maximum absolute atomic E-state index is 12.5. The fourth-order valence-electron chi connectivity index (χ4n) is 2.59. The molecule has 5 heteroatoms. The van der Waals surface area contributed by atoms with Crippen molar-refractivity contribution in [1.29, 1.82) is 5.26 Å². The first-order valence-corrected chi connectivity index (χ1v) is 8.65. The number of methoxy groups -OCH3 is 1. The van der Waals surface area contributed by atoms with Crippen molar-refractivity contribution in [1.82, 2.24) is 0 Å². The number of amides is 1. The van der Waals surface area contributed by atoms with Crippen molar-refractivity contribution in [3.8, 4) is 11.8 Å². The Morgan fingerprint density at radius 1 is 1.12 bits per heavy atom. The van der Waals surface area contributed by atoms with E-state index in [9.17, 15) is 10.1 Å². The van der Waals surface area contributed by atoms with Gasteiger partial charge in [-0.15, -0.1) is 0 Å². The molecule has 0 aliphatic rings. The molecule has 0 saturated heterocycles. The number of rotatable bonds is 4. The van der Waals surface area contributed by atoms with Crippen LogP contribution in [0, 0.1) is 11.3 Å². The molecule has 0 atom stereocenters. The molecule has 4 nitrogen and oxygen atoms in total. The average molecular weight is 407 g/mol. The number of carbonyl (C=O) groups excluding carboxylic acids is 1. The Hall–Kier alpha value is -3.10. The topological polar surface area (TPSA) is 62.1 Å². The Labute approximate surface area is 159 Å². The van der Waals surface area contributed by atoms with Gasteiger partial charge in [-0.2, -0.15) is 5.26 Å². The molecule has 3 aromatic carbocycles. The lowest BCUT2D eigenvalue weighted by molar-refractivity contribution is -0.112. The summed E-state index contributed by atoms with van der Waals surface area (Å²) in [6.45, 7) is 0. The lowest BCUT2D eigenvalue weighted by Crippen LogP contribution is -2.13. The standard InChI is InChI=1S/C21H15BrN2O2/c1-26-20-9-7-18(22)11-16(20)10-17(13-23)21(25)24-19-8-6-14-4-2-3-5-15(14)12-19/h2-12H,1H3,(H,24,25)/b17-10+. The minimum atomic E-state index is -0.468. The van der Waals surface area contributed by atoms with Gasteiger partial charge in [-0.25, -0.2) is 0 Å². The molecule has 128 valence electrons. The van der Waals surface area contributed by atoms with E-state index >= 15 is 0 Å². The number of carbonyl (C=O) groups is 1. The first-order valence-electron chi connectivity index (χ1n) is 7.86. The zero-order valence-corrected chi connectivity index (χ0v) is 15.6. The Morgan fingerprint density at radius 2 is 1.88 bits per heavy atom. The molecule has 0 aliphatic carbocycles. The average Bonchev–Trinajstić information content (AvgIpc) is 2.66. The summed E-state index contributed by atoms with van der Waals surface area (Å²) in [5.74, 6) is 0.115. The van der Waals surface area contributed by atoms with Crippen molar-refractivity contribution in [3.05, 3.63) is 76.3 Å². The summed E-state index contributed by atoms with van der Waals surface area (Å²) in [7, 11) is 1.54. The van der Waals surface area contributed by atoms with Gasteiger partial charge in [0.25, 0.3) is 5.91 Å². The van der Waals surface area contributed by atoms with Crippen molar-refractivity contribution >= 4 is 44.4 Å². The van der Waals surface area contributed by atoms with Gasteiger partial charge in [0.05, 0.1) is 7.11 Å². The summed E-state index contributed by atoms with van der Waals surface area (Å²) in [5.41, 5.74) is 1.28. The summed E-state index contributed by atoms with van der Waals surface area (Å²) in [4.78, 5) is 12.5. The Kier molecular flexibility index (Phi) is 5.35. The third kappa shape index (κ3) is 3.93. The Morgan fingerprint density at radius 3 is 2.62 bits per heavy atom. The van der Waals surface area contributed by atoms with Gasteiger partial charge >= 0.3 is 0 Å². The van der Waals surface area contributed by atoms with Crippen molar-refractivity contribution in [2.45, 2.75) is 0 Å². The lowest BCUT2D eigenvalue weighted by Gasteiger charge is -2.08. The van der Waals surface area contributed by atoms with Crippen LogP contribution in [0.4, 0.5) is 5.69 Å². The molecule has 26 heavy (non-hydrogen) atoms. The molecule has 0 aliphatic heterocycles. The van der Waals surface area contributed by atoms with Crippen molar-refractivity contribution in [2.75, 3.05) is 12.4 Å². The van der Waals surface area contributed by atoms with Crippen LogP contribution in [-0.4, -0.2) is 13.0 Å². The minimum absolute atomic E-state index is 0.00504. The highest BCUT2D eigenvalue weighted by molar-refractivity contribution is 9.10. The number of benzene rings is 3. The fraction of sp³-hybridized carbons (Fsp3) is 0.0476. The van der Waals surface area contributed by atoms with Crippen LogP contribution in [0.1, 0.15) is 5.56 Å². The van der Waals surface area contributed by atoms with Crippen LogP contribution in [0.2, 0.25) is 0 Å². The fourth-order valence-corrected chi connectivity index (χ4v) is 2.97. The number of hydrogen-bond donors (Lipinski definition) is 1. The Balaban J connectivity index is 1.89. The molecule has 1 N–H and O–H groups in total. The molecule has 0 saturated carbocycles. The number of hydrogen-bond acceptors (Lipinski definition) is 3. The van der Waals surface area contributed by atoms with Gasteiger partial charge < -0.3 is 10.1 Å². The van der Waals surface area contributed by atoms with E-state index in [0.717, 1.165) is 15.2 Å². The predicted molar refractivity (Wildman–Crippen MR) is 107 cm³/mol. The summed E-state index contributed by atoms with van der Waals surface area (Å²) in [5, 5.41) is 14.3. The van der Waals surface area contributed by atoms with Crippen LogP contribution in [0.5, 0.6) is 5.75 Å². The highest BCUT2D eigenvalue weighted by atomic mass is 79.9. The van der Waals surface area contributed by atoms with Gasteiger partial charge in [0.2, 0.25) is 0 Å². The van der Waals surface area contributed by atoms with E-state index in [-0.39, 0.29) is 5.57 Å². The largest absolute Gasteiger partial charge is 0.496 e. The van der Waals surface area contributed by atoms with E-state index in [2.05, 4.69) is 21.2 Å². The zero-order chi connectivity index (χ0) is 18.5. The number of halogens is 1. The van der Waals surface area contributed by atoms with E-state index < -0.39 is 5.91 Å². The molecule has 0 radical (unpaired) electrons. The van der Waals surface area contributed by atoms with Crippen LogP contribution >= 0.6 is 15.9 Å². The molecule has 3 rings (SSSR count). The monoisotopic (exact) mass is 406 g/mol. The normalized spacial score (nSPS) is 11.0. The number of anilines is 1. The van der Waals surface area contributed by atoms with Gasteiger partial charge in [-0.05, 0) is 47.2 Å². The summed E-state index contributed by atoms with van der Waals surface area (Å²) in [6.07, 6.45) is 1.51. The third-order valence-corrected chi connectivity index (χ3v) is 4.36. The smallest absolute Gasteiger partial charge is 0.266 e. The van der Waals surface area contributed by atoms with Gasteiger partial charge in [0, 0.05) is 15.7 Å². The predicted octanol–water partition coefficient (Wildman–Crippen LogP) is 5.16. The molecular weight excluding hydrogens is 392 g/mol. The summed E-state index contributed by atoms with van der Waals surface area (Å²) < 4.78 is 6.12.